The van der Waals surface area contributed by atoms with Gasteiger partial charge in [-0.25, -0.2) is 0 Å². The summed E-state index contributed by atoms with van der Waals surface area (Å²) in [4.78, 5) is 28.6. The molecule has 2 aliphatic heterocycles. The van der Waals surface area contributed by atoms with Gasteiger partial charge in [0.05, 0.1) is 18.9 Å². The van der Waals surface area contributed by atoms with Gasteiger partial charge in [-0.1, -0.05) is 12.8 Å². The van der Waals surface area contributed by atoms with Crippen LogP contribution in [0.3, 0.4) is 0 Å². The standard InChI is InChI=1S/C19H32N2O4/c1-2-25-12-7-17(22)21-13-16(18(23)24)19(14-21)8-10-20(11-9-19)15-5-3-4-6-15/h15-16H,2-14H2,1H3,(H,23,24). The molecule has 1 spiro atoms. The van der Waals surface area contributed by atoms with E-state index in [9.17, 15) is 14.7 Å². The van der Waals surface area contributed by atoms with Crippen LogP contribution in [0.4, 0.5) is 0 Å². The number of carboxylic acids is 1. The molecule has 1 N–H and O–H groups in total. The number of carbonyl (C=O) groups is 2. The van der Waals surface area contributed by atoms with Gasteiger partial charge in [0.25, 0.3) is 0 Å². The summed E-state index contributed by atoms with van der Waals surface area (Å²) in [6.07, 6.45) is 7.38. The van der Waals surface area contributed by atoms with Crippen LogP contribution in [0.5, 0.6) is 0 Å². The molecule has 1 saturated carbocycles. The molecule has 3 aliphatic rings. The normalized spacial score (nSPS) is 27.2. The molecule has 6 heteroatoms. The predicted octanol–water partition coefficient (Wildman–Crippen LogP) is 1.98. The molecule has 0 radical (unpaired) electrons. The fourth-order valence-electron chi connectivity index (χ4n) is 5.07. The number of carbonyl (C=O) groups excluding carboxylic acids is 1. The third-order valence-electron chi connectivity index (χ3n) is 6.60. The predicted molar refractivity (Wildman–Crippen MR) is 94.3 cm³/mol. The summed E-state index contributed by atoms with van der Waals surface area (Å²) in [5, 5.41) is 9.75. The molecule has 0 aromatic heterocycles. The van der Waals surface area contributed by atoms with Crippen molar-refractivity contribution < 1.29 is 19.4 Å². The highest BCUT2D eigenvalue weighted by Crippen LogP contribution is 2.46. The van der Waals surface area contributed by atoms with Gasteiger partial charge in [0, 0.05) is 31.2 Å². The van der Waals surface area contributed by atoms with E-state index < -0.39 is 11.9 Å². The maximum Gasteiger partial charge on any atom is 0.308 e. The van der Waals surface area contributed by atoms with Gasteiger partial charge in [-0.05, 0) is 45.7 Å². The molecule has 25 heavy (non-hydrogen) atoms. The Bertz CT molecular complexity index is 482. The summed E-state index contributed by atoms with van der Waals surface area (Å²) >= 11 is 0. The number of likely N-dealkylation sites (tertiary alicyclic amines) is 2. The van der Waals surface area contributed by atoms with Crippen molar-refractivity contribution in [3.05, 3.63) is 0 Å². The molecule has 0 aromatic carbocycles. The molecule has 2 heterocycles. The molecule has 1 amide bonds. The summed E-state index contributed by atoms with van der Waals surface area (Å²) in [7, 11) is 0. The van der Waals surface area contributed by atoms with E-state index in [2.05, 4.69) is 4.90 Å². The minimum atomic E-state index is -0.741. The Morgan fingerprint density at radius 3 is 2.48 bits per heavy atom. The number of piperidine rings is 1. The van der Waals surface area contributed by atoms with Crippen molar-refractivity contribution in [3.8, 4) is 0 Å². The van der Waals surface area contributed by atoms with E-state index in [0.29, 0.717) is 38.8 Å². The lowest BCUT2D eigenvalue weighted by Gasteiger charge is -2.43. The smallest absolute Gasteiger partial charge is 0.308 e. The molecule has 3 fully saturated rings. The fourth-order valence-corrected chi connectivity index (χ4v) is 5.07. The average molecular weight is 352 g/mol. The Morgan fingerprint density at radius 1 is 1.20 bits per heavy atom. The number of amides is 1. The topological polar surface area (TPSA) is 70.1 Å². The summed E-state index contributed by atoms with van der Waals surface area (Å²) < 4.78 is 5.28. The fraction of sp³-hybridized carbons (Fsp3) is 0.895. The highest BCUT2D eigenvalue weighted by Gasteiger charge is 2.52. The van der Waals surface area contributed by atoms with E-state index in [1.807, 2.05) is 6.92 Å². The summed E-state index contributed by atoms with van der Waals surface area (Å²) in [6, 6.07) is 0.700. The third kappa shape index (κ3) is 4.00. The molecule has 0 aromatic rings. The Balaban J connectivity index is 1.61. The lowest BCUT2D eigenvalue weighted by molar-refractivity contribution is -0.146. The van der Waals surface area contributed by atoms with Gasteiger partial charge in [-0.2, -0.15) is 0 Å². The van der Waals surface area contributed by atoms with Gasteiger partial charge in [-0.3, -0.25) is 9.59 Å². The number of hydrogen-bond donors (Lipinski definition) is 1. The third-order valence-corrected chi connectivity index (χ3v) is 6.60. The van der Waals surface area contributed by atoms with E-state index >= 15 is 0 Å². The van der Waals surface area contributed by atoms with E-state index in [1.54, 1.807) is 4.90 Å². The molecule has 2 saturated heterocycles. The minimum absolute atomic E-state index is 0.0368. The first-order valence-corrected chi connectivity index (χ1v) is 9.88. The van der Waals surface area contributed by atoms with Crippen molar-refractivity contribution >= 4 is 11.9 Å². The van der Waals surface area contributed by atoms with Crippen molar-refractivity contribution in [1.82, 2.24) is 9.80 Å². The van der Waals surface area contributed by atoms with Crippen LogP contribution in [-0.4, -0.2) is 72.2 Å². The zero-order valence-corrected chi connectivity index (χ0v) is 15.4. The Hall–Kier alpha value is -1.14. The first-order valence-electron chi connectivity index (χ1n) is 9.88. The summed E-state index contributed by atoms with van der Waals surface area (Å²) in [5.74, 6) is -1.13. The molecule has 142 valence electrons. The van der Waals surface area contributed by atoms with Gasteiger partial charge in [0.2, 0.25) is 5.91 Å². The van der Waals surface area contributed by atoms with Crippen molar-refractivity contribution in [2.24, 2.45) is 11.3 Å². The molecule has 1 atom stereocenters. The zero-order chi connectivity index (χ0) is 17.9. The molecule has 1 unspecified atom stereocenters. The average Bonchev–Trinajstić information content (AvgIpc) is 3.24. The number of ether oxygens (including phenoxy) is 1. The Morgan fingerprint density at radius 2 is 1.88 bits per heavy atom. The maximum absolute atomic E-state index is 12.4. The van der Waals surface area contributed by atoms with E-state index in [1.165, 1.54) is 25.7 Å². The second-order valence-corrected chi connectivity index (χ2v) is 7.95. The largest absolute Gasteiger partial charge is 0.481 e. The van der Waals surface area contributed by atoms with Crippen molar-refractivity contribution in [2.75, 3.05) is 39.4 Å². The monoisotopic (exact) mass is 352 g/mol. The number of nitrogens with zero attached hydrogens (tertiary/aromatic N) is 2. The van der Waals surface area contributed by atoms with Crippen LogP contribution in [0.15, 0.2) is 0 Å². The van der Waals surface area contributed by atoms with Gasteiger partial charge < -0.3 is 19.6 Å². The van der Waals surface area contributed by atoms with Crippen LogP contribution in [0.2, 0.25) is 0 Å². The molecular weight excluding hydrogens is 320 g/mol. The Kier molecular flexibility index (Phi) is 6.00. The van der Waals surface area contributed by atoms with Crippen LogP contribution >= 0.6 is 0 Å². The highest BCUT2D eigenvalue weighted by molar-refractivity contribution is 5.79. The number of rotatable bonds is 6. The van der Waals surface area contributed by atoms with Crippen LogP contribution in [0.1, 0.15) is 51.9 Å². The van der Waals surface area contributed by atoms with Crippen LogP contribution < -0.4 is 0 Å². The summed E-state index contributed by atoms with van der Waals surface area (Å²) in [5.41, 5.74) is -0.234. The van der Waals surface area contributed by atoms with Crippen molar-refractivity contribution in [1.29, 1.82) is 0 Å². The molecule has 0 bridgehead atoms. The van der Waals surface area contributed by atoms with Crippen LogP contribution in [-0.2, 0) is 14.3 Å². The second-order valence-electron chi connectivity index (χ2n) is 7.95. The SMILES string of the molecule is CCOCCC(=O)N1CC(C(=O)O)C2(CCN(C3CCCC3)CC2)C1. The summed E-state index contributed by atoms with van der Waals surface area (Å²) in [6.45, 7) is 5.87. The number of carboxylic acid groups (broad SMARTS) is 1. The van der Waals surface area contributed by atoms with Gasteiger partial charge >= 0.3 is 5.97 Å². The van der Waals surface area contributed by atoms with Gasteiger partial charge in [0.15, 0.2) is 0 Å². The lowest BCUT2D eigenvalue weighted by atomic mass is 9.70. The molecular formula is C19H32N2O4. The van der Waals surface area contributed by atoms with Crippen LogP contribution in [0.25, 0.3) is 0 Å². The molecule has 6 nitrogen and oxygen atoms in total. The maximum atomic E-state index is 12.4. The van der Waals surface area contributed by atoms with E-state index in [4.69, 9.17) is 4.74 Å². The van der Waals surface area contributed by atoms with Crippen molar-refractivity contribution in [2.45, 2.75) is 57.9 Å². The van der Waals surface area contributed by atoms with Crippen LogP contribution in [0, 0.1) is 11.3 Å². The van der Waals surface area contributed by atoms with Gasteiger partial charge in [0.1, 0.15) is 0 Å². The molecule has 3 rings (SSSR count). The minimum Gasteiger partial charge on any atom is -0.481 e. The van der Waals surface area contributed by atoms with E-state index in [-0.39, 0.29) is 11.3 Å². The zero-order valence-electron chi connectivity index (χ0n) is 15.4. The lowest BCUT2D eigenvalue weighted by Crippen LogP contribution is -2.48. The van der Waals surface area contributed by atoms with Gasteiger partial charge in [-0.15, -0.1) is 0 Å². The second kappa shape index (κ2) is 8.04. The number of aliphatic carboxylic acids is 1. The first kappa shape index (κ1) is 18.6. The number of hydrogen-bond acceptors (Lipinski definition) is 4. The quantitative estimate of drug-likeness (QED) is 0.740. The van der Waals surface area contributed by atoms with Crippen molar-refractivity contribution in [3.63, 3.8) is 0 Å². The molecule has 1 aliphatic carbocycles. The van der Waals surface area contributed by atoms with E-state index in [0.717, 1.165) is 25.9 Å². The first-order chi connectivity index (χ1) is 12.1. The highest BCUT2D eigenvalue weighted by atomic mass is 16.5. The Labute approximate surface area is 150 Å².